The summed E-state index contributed by atoms with van der Waals surface area (Å²) < 4.78 is 0. The average Bonchev–Trinajstić information content (AvgIpc) is 2.58. The van der Waals surface area contributed by atoms with E-state index in [2.05, 4.69) is 6.07 Å². The summed E-state index contributed by atoms with van der Waals surface area (Å²) in [4.78, 5) is 11.0. The molecule has 122 valence electrons. The van der Waals surface area contributed by atoms with Crippen molar-refractivity contribution in [1.82, 2.24) is 0 Å². The van der Waals surface area contributed by atoms with E-state index in [1.165, 1.54) is 82.6 Å². The zero-order chi connectivity index (χ0) is 15.5. The van der Waals surface area contributed by atoms with Crippen LogP contribution in [0.2, 0.25) is 0 Å². The van der Waals surface area contributed by atoms with Crippen molar-refractivity contribution < 1.29 is 4.79 Å². The van der Waals surface area contributed by atoms with Crippen LogP contribution in [0.25, 0.3) is 0 Å². The molecule has 0 amide bonds. The van der Waals surface area contributed by atoms with Gasteiger partial charge in [-0.3, -0.25) is 4.79 Å². The Bertz CT molecular complexity index is 418. The number of hydrogen-bond acceptors (Lipinski definition) is 1. The van der Waals surface area contributed by atoms with E-state index in [0.29, 0.717) is 0 Å². The van der Waals surface area contributed by atoms with Gasteiger partial charge in [-0.05, 0) is 24.3 Å². The van der Waals surface area contributed by atoms with E-state index >= 15 is 0 Å². The van der Waals surface area contributed by atoms with Crippen molar-refractivity contribution in [1.29, 1.82) is 0 Å². The molecule has 0 saturated heterocycles. The molecule has 2 rings (SSSR count). The van der Waals surface area contributed by atoms with E-state index in [9.17, 15) is 4.79 Å². The second-order valence-corrected chi connectivity index (χ2v) is 6.98. The van der Waals surface area contributed by atoms with Crippen molar-refractivity contribution in [3.05, 3.63) is 35.4 Å². The van der Waals surface area contributed by atoms with Crippen LogP contribution in [0.15, 0.2) is 24.3 Å². The summed E-state index contributed by atoms with van der Waals surface area (Å²) in [5.74, 6) is 1.05. The lowest BCUT2D eigenvalue weighted by Crippen LogP contribution is -2.05. The van der Waals surface area contributed by atoms with Crippen LogP contribution < -0.4 is 0 Å². The van der Waals surface area contributed by atoms with Gasteiger partial charge in [0.1, 0.15) is 6.29 Å². The minimum absolute atomic E-state index is 0.870. The van der Waals surface area contributed by atoms with Gasteiger partial charge in [-0.25, -0.2) is 0 Å². The van der Waals surface area contributed by atoms with Gasteiger partial charge in [0.15, 0.2) is 0 Å². The Balaban J connectivity index is 1.46. The molecule has 0 aromatic heterocycles. The van der Waals surface area contributed by atoms with Crippen LogP contribution in [-0.4, -0.2) is 6.29 Å². The van der Waals surface area contributed by atoms with E-state index in [1.54, 1.807) is 0 Å². The maximum atomic E-state index is 11.0. The van der Waals surface area contributed by atoms with E-state index in [4.69, 9.17) is 0 Å². The molecule has 0 aliphatic heterocycles. The number of rotatable bonds is 10. The molecule has 0 unspecified atom stereocenters. The first-order valence-corrected chi connectivity index (χ1v) is 9.43. The first-order chi connectivity index (χ1) is 10.9. The third kappa shape index (κ3) is 6.34. The van der Waals surface area contributed by atoms with Crippen molar-refractivity contribution in [2.24, 2.45) is 5.92 Å². The molecule has 1 fully saturated rings. The Morgan fingerprint density at radius 1 is 0.864 bits per heavy atom. The Morgan fingerprint density at radius 3 is 2.32 bits per heavy atom. The van der Waals surface area contributed by atoms with Crippen molar-refractivity contribution >= 4 is 6.29 Å². The summed E-state index contributed by atoms with van der Waals surface area (Å²) in [7, 11) is 0. The molecule has 1 aromatic carbocycles. The number of unbranched alkanes of at least 4 members (excludes halogenated alkanes) is 5. The van der Waals surface area contributed by atoms with Crippen LogP contribution in [0, 0.1) is 5.92 Å². The molecule has 1 aliphatic rings. The van der Waals surface area contributed by atoms with Gasteiger partial charge in [-0.2, -0.15) is 0 Å². The number of benzene rings is 1. The fraction of sp³-hybridized carbons (Fsp3) is 0.667. The van der Waals surface area contributed by atoms with Crippen molar-refractivity contribution in [3.63, 3.8) is 0 Å². The quantitative estimate of drug-likeness (QED) is 0.363. The number of aryl methyl sites for hydroxylation is 1. The van der Waals surface area contributed by atoms with Crippen LogP contribution in [0.3, 0.4) is 0 Å². The first kappa shape index (κ1) is 17.2. The fourth-order valence-corrected chi connectivity index (χ4v) is 3.81. The summed E-state index contributed by atoms with van der Waals surface area (Å²) in [6.07, 6.45) is 19.1. The molecular formula is C21H32O. The highest BCUT2D eigenvalue weighted by atomic mass is 16.1. The smallest absolute Gasteiger partial charge is 0.150 e. The molecule has 0 bridgehead atoms. The van der Waals surface area contributed by atoms with Crippen molar-refractivity contribution in [2.45, 2.75) is 83.5 Å². The SMILES string of the molecule is O=Cc1ccccc1CCCCCCCCC1CCCCC1. The third-order valence-electron chi connectivity index (χ3n) is 5.22. The van der Waals surface area contributed by atoms with Gasteiger partial charge in [0.05, 0.1) is 0 Å². The molecule has 0 N–H and O–H groups in total. The maximum Gasteiger partial charge on any atom is 0.150 e. The van der Waals surface area contributed by atoms with Crippen LogP contribution >= 0.6 is 0 Å². The second kappa shape index (κ2) is 10.6. The van der Waals surface area contributed by atoms with E-state index < -0.39 is 0 Å². The first-order valence-electron chi connectivity index (χ1n) is 9.43. The third-order valence-corrected chi connectivity index (χ3v) is 5.22. The number of aldehydes is 1. The number of hydrogen-bond donors (Lipinski definition) is 0. The Kier molecular flexibility index (Phi) is 8.30. The highest BCUT2D eigenvalue weighted by Crippen LogP contribution is 2.28. The van der Waals surface area contributed by atoms with Crippen molar-refractivity contribution in [2.75, 3.05) is 0 Å². The Labute approximate surface area is 136 Å². The highest BCUT2D eigenvalue weighted by molar-refractivity contribution is 5.77. The predicted octanol–water partition coefficient (Wildman–Crippen LogP) is 6.35. The minimum atomic E-state index is 0.870. The second-order valence-electron chi connectivity index (χ2n) is 6.98. The monoisotopic (exact) mass is 300 g/mol. The minimum Gasteiger partial charge on any atom is -0.298 e. The van der Waals surface area contributed by atoms with Gasteiger partial charge >= 0.3 is 0 Å². The molecular weight excluding hydrogens is 268 g/mol. The average molecular weight is 300 g/mol. The van der Waals surface area contributed by atoms with Gasteiger partial charge in [-0.1, -0.05) is 94.9 Å². The molecule has 0 heterocycles. The molecule has 1 aliphatic carbocycles. The predicted molar refractivity (Wildman–Crippen MR) is 94.4 cm³/mol. The van der Waals surface area contributed by atoms with Crippen LogP contribution in [0.4, 0.5) is 0 Å². The Hall–Kier alpha value is -1.11. The summed E-state index contributed by atoms with van der Waals surface area (Å²) in [5, 5.41) is 0. The Morgan fingerprint density at radius 2 is 1.55 bits per heavy atom. The molecule has 0 radical (unpaired) electrons. The zero-order valence-electron chi connectivity index (χ0n) is 14.1. The normalized spacial score (nSPS) is 15.8. The molecule has 22 heavy (non-hydrogen) atoms. The van der Waals surface area contributed by atoms with Crippen LogP contribution in [-0.2, 0) is 6.42 Å². The molecule has 1 saturated carbocycles. The van der Waals surface area contributed by atoms with Gasteiger partial charge in [-0.15, -0.1) is 0 Å². The van der Waals surface area contributed by atoms with Gasteiger partial charge in [0.25, 0.3) is 0 Å². The van der Waals surface area contributed by atoms with Crippen LogP contribution in [0.1, 0.15) is 93.0 Å². The highest BCUT2D eigenvalue weighted by Gasteiger charge is 2.12. The van der Waals surface area contributed by atoms with E-state index in [0.717, 1.165) is 24.2 Å². The lowest BCUT2D eigenvalue weighted by molar-refractivity contribution is 0.112. The van der Waals surface area contributed by atoms with Crippen molar-refractivity contribution in [3.8, 4) is 0 Å². The molecule has 0 atom stereocenters. The van der Waals surface area contributed by atoms with Gasteiger partial charge in [0, 0.05) is 5.56 Å². The molecule has 1 heteroatoms. The molecule has 1 aromatic rings. The number of carbonyl (C=O) groups is 1. The maximum absolute atomic E-state index is 11.0. The fourth-order valence-electron chi connectivity index (χ4n) is 3.81. The lowest BCUT2D eigenvalue weighted by Gasteiger charge is -2.21. The standard InChI is InChI=1S/C21H32O/c22-18-21-17-11-10-16-20(21)15-9-4-2-1-3-6-12-19-13-7-5-8-14-19/h10-11,16-19H,1-9,12-15H2. The zero-order valence-corrected chi connectivity index (χ0v) is 14.1. The summed E-state index contributed by atoms with van der Waals surface area (Å²) in [5.41, 5.74) is 2.09. The molecule has 1 nitrogen and oxygen atoms in total. The van der Waals surface area contributed by atoms with E-state index in [-0.39, 0.29) is 0 Å². The van der Waals surface area contributed by atoms with Gasteiger partial charge in [0.2, 0.25) is 0 Å². The molecule has 0 spiro atoms. The lowest BCUT2D eigenvalue weighted by atomic mass is 9.85. The summed E-state index contributed by atoms with van der Waals surface area (Å²) in [6.45, 7) is 0. The summed E-state index contributed by atoms with van der Waals surface area (Å²) in [6, 6.07) is 7.99. The topological polar surface area (TPSA) is 17.1 Å². The van der Waals surface area contributed by atoms with E-state index in [1.807, 2.05) is 18.2 Å². The largest absolute Gasteiger partial charge is 0.298 e. The number of carbonyl (C=O) groups excluding carboxylic acids is 1. The summed E-state index contributed by atoms with van der Waals surface area (Å²) >= 11 is 0. The van der Waals surface area contributed by atoms with Gasteiger partial charge < -0.3 is 0 Å². The van der Waals surface area contributed by atoms with Crippen LogP contribution in [0.5, 0.6) is 0 Å².